The summed E-state index contributed by atoms with van der Waals surface area (Å²) in [7, 11) is 0. The van der Waals surface area contributed by atoms with E-state index in [-0.39, 0.29) is 5.97 Å². The number of esters is 1. The van der Waals surface area contributed by atoms with Crippen molar-refractivity contribution in [3.63, 3.8) is 0 Å². The lowest BCUT2D eigenvalue weighted by Gasteiger charge is -2.06. The van der Waals surface area contributed by atoms with Gasteiger partial charge in [0, 0.05) is 6.42 Å². The molecule has 0 saturated carbocycles. The first-order valence-corrected chi connectivity index (χ1v) is 11.8. The standard InChI is InChI=1S/C24H48O2/c1-4-5-6-7-8-9-10-13-16-19-22-26-24(25)21-18-15-12-11-14-17-20-23(2)3/h23H,4-22H2,1-3H3. The predicted octanol–water partition coefficient (Wildman–Crippen LogP) is 8.23. The molecule has 0 aliphatic heterocycles. The molecule has 26 heavy (non-hydrogen) atoms. The van der Waals surface area contributed by atoms with E-state index in [2.05, 4.69) is 20.8 Å². The molecule has 0 spiro atoms. The van der Waals surface area contributed by atoms with Crippen molar-refractivity contribution in [3.8, 4) is 0 Å². The number of carbonyl (C=O) groups is 1. The van der Waals surface area contributed by atoms with Crippen LogP contribution in [0.2, 0.25) is 0 Å². The van der Waals surface area contributed by atoms with E-state index >= 15 is 0 Å². The molecule has 0 aromatic heterocycles. The van der Waals surface area contributed by atoms with Crippen LogP contribution in [0.4, 0.5) is 0 Å². The lowest BCUT2D eigenvalue weighted by molar-refractivity contribution is -0.143. The first kappa shape index (κ1) is 25.5. The minimum Gasteiger partial charge on any atom is -0.466 e. The Morgan fingerprint density at radius 2 is 1.12 bits per heavy atom. The average molecular weight is 369 g/mol. The van der Waals surface area contributed by atoms with Crippen LogP contribution in [0.5, 0.6) is 0 Å². The van der Waals surface area contributed by atoms with Crippen LogP contribution in [-0.2, 0) is 9.53 Å². The Labute approximate surface area is 164 Å². The fourth-order valence-corrected chi connectivity index (χ4v) is 3.38. The molecule has 2 heteroatoms. The zero-order valence-electron chi connectivity index (χ0n) is 18.3. The van der Waals surface area contributed by atoms with Gasteiger partial charge in [-0.3, -0.25) is 4.79 Å². The molecule has 0 aromatic rings. The van der Waals surface area contributed by atoms with Crippen LogP contribution in [0, 0.1) is 5.92 Å². The van der Waals surface area contributed by atoms with Crippen molar-refractivity contribution in [2.75, 3.05) is 6.61 Å². The number of unbranched alkanes of at least 4 members (excludes halogenated alkanes) is 14. The van der Waals surface area contributed by atoms with E-state index in [1.807, 2.05) is 0 Å². The largest absolute Gasteiger partial charge is 0.466 e. The van der Waals surface area contributed by atoms with Gasteiger partial charge in [-0.05, 0) is 18.8 Å². The minimum atomic E-state index is 0.0146. The monoisotopic (exact) mass is 368 g/mol. The van der Waals surface area contributed by atoms with Crippen LogP contribution >= 0.6 is 0 Å². The van der Waals surface area contributed by atoms with Gasteiger partial charge < -0.3 is 4.74 Å². The molecule has 2 nitrogen and oxygen atoms in total. The quantitative estimate of drug-likeness (QED) is 0.160. The molecule has 156 valence electrons. The molecule has 0 fully saturated rings. The summed E-state index contributed by atoms with van der Waals surface area (Å²) < 4.78 is 5.35. The third kappa shape index (κ3) is 21.5. The van der Waals surface area contributed by atoms with Crippen molar-refractivity contribution in [3.05, 3.63) is 0 Å². The first-order chi connectivity index (χ1) is 12.7. The molecule has 0 aliphatic carbocycles. The number of rotatable bonds is 20. The molecule has 0 amide bonds. The van der Waals surface area contributed by atoms with Crippen LogP contribution in [0.3, 0.4) is 0 Å². The van der Waals surface area contributed by atoms with Crippen molar-refractivity contribution in [1.29, 1.82) is 0 Å². The number of hydrogen-bond donors (Lipinski definition) is 0. The molecule has 0 rings (SSSR count). The van der Waals surface area contributed by atoms with E-state index in [0.717, 1.165) is 18.8 Å². The highest BCUT2D eigenvalue weighted by atomic mass is 16.5. The van der Waals surface area contributed by atoms with Gasteiger partial charge in [0.05, 0.1) is 6.61 Å². The third-order valence-electron chi connectivity index (χ3n) is 5.17. The SMILES string of the molecule is CCCCCCCCCCCCOC(=O)CCCCCCCCC(C)C. The number of ether oxygens (including phenoxy) is 1. The fourth-order valence-electron chi connectivity index (χ4n) is 3.38. The van der Waals surface area contributed by atoms with Gasteiger partial charge in [0.25, 0.3) is 0 Å². The smallest absolute Gasteiger partial charge is 0.305 e. The van der Waals surface area contributed by atoms with Crippen LogP contribution < -0.4 is 0 Å². The van der Waals surface area contributed by atoms with Crippen LogP contribution in [-0.4, -0.2) is 12.6 Å². The van der Waals surface area contributed by atoms with Gasteiger partial charge in [-0.1, -0.05) is 117 Å². The molecule has 0 radical (unpaired) electrons. The Bertz CT molecular complexity index is 286. The van der Waals surface area contributed by atoms with Gasteiger partial charge in [0.15, 0.2) is 0 Å². The molecule has 0 N–H and O–H groups in total. The summed E-state index contributed by atoms with van der Waals surface area (Å²) in [4.78, 5) is 11.7. The minimum absolute atomic E-state index is 0.0146. The van der Waals surface area contributed by atoms with E-state index in [0.29, 0.717) is 13.0 Å². The van der Waals surface area contributed by atoms with Crippen molar-refractivity contribution in [2.24, 2.45) is 5.92 Å². The molecule has 0 unspecified atom stereocenters. The third-order valence-corrected chi connectivity index (χ3v) is 5.17. The van der Waals surface area contributed by atoms with E-state index in [9.17, 15) is 4.79 Å². The first-order valence-electron chi connectivity index (χ1n) is 11.8. The molecule has 0 atom stereocenters. The zero-order valence-corrected chi connectivity index (χ0v) is 18.3. The molecule has 0 aliphatic rings. The molecule has 0 heterocycles. The van der Waals surface area contributed by atoms with Gasteiger partial charge in [-0.15, -0.1) is 0 Å². The van der Waals surface area contributed by atoms with Crippen LogP contribution in [0.25, 0.3) is 0 Å². The predicted molar refractivity (Wildman–Crippen MR) is 115 cm³/mol. The van der Waals surface area contributed by atoms with Crippen molar-refractivity contribution < 1.29 is 9.53 Å². The van der Waals surface area contributed by atoms with E-state index in [1.54, 1.807) is 0 Å². The van der Waals surface area contributed by atoms with Gasteiger partial charge in [0.1, 0.15) is 0 Å². The summed E-state index contributed by atoms with van der Waals surface area (Å²) in [6, 6.07) is 0. The summed E-state index contributed by atoms with van der Waals surface area (Å²) in [5, 5.41) is 0. The van der Waals surface area contributed by atoms with Crippen molar-refractivity contribution >= 4 is 5.97 Å². The maximum absolute atomic E-state index is 11.7. The Morgan fingerprint density at radius 1 is 0.654 bits per heavy atom. The Hall–Kier alpha value is -0.530. The highest BCUT2D eigenvalue weighted by molar-refractivity contribution is 5.69. The van der Waals surface area contributed by atoms with Crippen LogP contribution in [0.15, 0.2) is 0 Å². The summed E-state index contributed by atoms with van der Waals surface area (Å²) >= 11 is 0. The summed E-state index contributed by atoms with van der Waals surface area (Å²) in [5.41, 5.74) is 0. The Morgan fingerprint density at radius 3 is 1.65 bits per heavy atom. The van der Waals surface area contributed by atoms with Gasteiger partial charge in [0.2, 0.25) is 0 Å². The Kier molecular flexibility index (Phi) is 20.4. The van der Waals surface area contributed by atoms with E-state index in [1.165, 1.54) is 96.3 Å². The van der Waals surface area contributed by atoms with Crippen LogP contribution in [0.1, 0.15) is 136 Å². The van der Waals surface area contributed by atoms with Gasteiger partial charge in [-0.2, -0.15) is 0 Å². The van der Waals surface area contributed by atoms with E-state index < -0.39 is 0 Å². The molecular weight excluding hydrogens is 320 g/mol. The van der Waals surface area contributed by atoms with Crippen molar-refractivity contribution in [2.45, 2.75) is 136 Å². The summed E-state index contributed by atoms with van der Waals surface area (Å²) in [6.45, 7) is 7.48. The fraction of sp³-hybridized carbons (Fsp3) is 0.958. The lowest BCUT2D eigenvalue weighted by Crippen LogP contribution is -2.05. The summed E-state index contributed by atoms with van der Waals surface area (Å²) in [5.74, 6) is 0.848. The maximum atomic E-state index is 11.7. The Balaban J connectivity index is 3.15. The molecule has 0 saturated heterocycles. The second-order valence-electron chi connectivity index (χ2n) is 8.46. The van der Waals surface area contributed by atoms with E-state index in [4.69, 9.17) is 4.74 Å². The van der Waals surface area contributed by atoms with Gasteiger partial charge in [-0.25, -0.2) is 0 Å². The highest BCUT2D eigenvalue weighted by Gasteiger charge is 2.02. The maximum Gasteiger partial charge on any atom is 0.305 e. The summed E-state index contributed by atoms with van der Waals surface area (Å²) in [6.07, 6.45) is 22.6. The van der Waals surface area contributed by atoms with Crippen molar-refractivity contribution in [1.82, 2.24) is 0 Å². The van der Waals surface area contributed by atoms with Gasteiger partial charge >= 0.3 is 5.97 Å². The second kappa shape index (κ2) is 20.8. The topological polar surface area (TPSA) is 26.3 Å². The zero-order chi connectivity index (χ0) is 19.3. The normalized spacial score (nSPS) is 11.2. The molecular formula is C24H48O2. The molecule has 0 bridgehead atoms. The molecule has 0 aromatic carbocycles. The second-order valence-corrected chi connectivity index (χ2v) is 8.46. The lowest BCUT2D eigenvalue weighted by atomic mass is 10.0. The highest BCUT2D eigenvalue weighted by Crippen LogP contribution is 2.13. The average Bonchev–Trinajstić information content (AvgIpc) is 2.61. The number of carbonyl (C=O) groups excluding carboxylic acids is 1. The number of hydrogen-bond acceptors (Lipinski definition) is 2.